The van der Waals surface area contributed by atoms with Crippen molar-refractivity contribution in [2.45, 2.75) is 13.5 Å². The van der Waals surface area contributed by atoms with Gasteiger partial charge in [-0.15, -0.1) is 0 Å². The normalized spacial score (nSPS) is 10.8. The van der Waals surface area contributed by atoms with Gasteiger partial charge in [-0.05, 0) is 36.8 Å². The van der Waals surface area contributed by atoms with Gasteiger partial charge in [-0.1, -0.05) is 11.6 Å². The molecular formula is C16H12ClN3O5. The second-order valence-electron chi connectivity index (χ2n) is 5.37. The molecule has 0 aliphatic rings. The smallest absolute Gasteiger partial charge is 0.408 e. The van der Waals surface area contributed by atoms with Gasteiger partial charge in [0.25, 0.3) is 5.69 Å². The average molecular weight is 362 g/mol. The van der Waals surface area contributed by atoms with Gasteiger partial charge in [-0.25, -0.2) is 4.79 Å². The number of carbonyl (C=O) groups is 1. The number of nitro groups is 1. The molecule has 1 heterocycles. The van der Waals surface area contributed by atoms with Crippen molar-refractivity contribution >= 4 is 40.0 Å². The van der Waals surface area contributed by atoms with Crippen molar-refractivity contribution in [3.63, 3.8) is 0 Å². The first kappa shape index (κ1) is 16.7. The Morgan fingerprint density at radius 3 is 2.76 bits per heavy atom. The Balaban J connectivity index is 1.90. The maximum atomic E-state index is 12.3. The number of rotatable bonds is 4. The number of hydrogen-bond acceptors (Lipinski definition) is 5. The van der Waals surface area contributed by atoms with Crippen LogP contribution in [0.2, 0.25) is 5.02 Å². The van der Waals surface area contributed by atoms with E-state index in [1.807, 2.05) is 0 Å². The molecule has 0 radical (unpaired) electrons. The molecule has 0 bridgehead atoms. The standard InChI is InChI=1S/C16H12ClN3O5/c1-9-6-10(17)2-4-12(9)18-15(21)8-19-13-7-11(20(23)24)3-5-14(13)25-16(19)22/h2-7H,8H2,1H3,(H,18,21). The van der Waals surface area contributed by atoms with Crippen LogP contribution in [0.3, 0.4) is 0 Å². The van der Waals surface area contributed by atoms with Crippen LogP contribution in [0, 0.1) is 17.0 Å². The predicted molar refractivity (Wildman–Crippen MR) is 91.9 cm³/mol. The van der Waals surface area contributed by atoms with Gasteiger partial charge >= 0.3 is 5.76 Å². The summed E-state index contributed by atoms with van der Waals surface area (Å²) < 4.78 is 6.06. The molecule has 0 aliphatic heterocycles. The zero-order chi connectivity index (χ0) is 18.1. The molecule has 3 aromatic rings. The number of aromatic nitrogens is 1. The summed E-state index contributed by atoms with van der Waals surface area (Å²) in [7, 11) is 0. The van der Waals surface area contributed by atoms with Gasteiger partial charge in [0.2, 0.25) is 5.91 Å². The van der Waals surface area contributed by atoms with Gasteiger partial charge < -0.3 is 9.73 Å². The van der Waals surface area contributed by atoms with Crippen LogP contribution in [-0.4, -0.2) is 15.4 Å². The molecule has 0 aliphatic carbocycles. The highest BCUT2D eigenvalue weighted by atomic mass is 35.5. The Hall–Kier alpha value is -3.13. The van der Waals surface area contributed by atoms with E-state index in [0.717, 1.165) is 10.1 Å². The second kappa shape index (κ2) is 6.40. The molecule has 1 aromatic heterocycles. The molecule has 0 saturated heterocycles. The van der Waals surface area contributed by atoms with E-state index in [9.17, 15) is 19.7 Å². The molecule has 0 atom stereocenters. The number of anilines is 1. The number of carbonyl (C=O) groups excluding carboxylic acids is 1. The van der Waals surface area contributed by atoms with Crippen molar-refractivity contribution in [3.8, 4) is 0 Å². The zero-order valence-corrected chi connectivity index (χ0v) is 13.7. The number of benzene rings is 2. The highest BCUT2D eigenvalue weighted by Crippen LogP contribution is 2.21. The molecule has 0 saturated carbocycles. The second-order valence-corrected chi connectivity index (χ2v) is 5.81. The Kier molecular flexibility index (Phi) is 4.28. The monoisotopic (exact) mass is 361 g/mol. The Morgan fingerprint density at radius 1 is 1.32 bits per heavy atom. The third-order valence-electron chi connectivity index (χ3n) is 3.63. The van der Waals surface area contributed by atoms with Crippen LogP contribution in [0.1, 0.15) is 5.56 Å². The van der Waals surface area contributed by atoms with E-state index in [4.69, 9.17) is 16.0 Å². The largest absolute Gasteiger partial charge is 0.420 e. The Labute approximate surface area is 145 Å². The molecular weight excluding hydrogens is 350 g/mol. The molecule has 9 heteroatoms. The predicted octanol–water partition coefficient (Wildman–Crippen LogP) is 3.10. The lowest BCUT2D eigenvalue weighted by Gasteiger charge is -2.09. The van der Waals surface area contributed by atoms with E-state index < -0.39 is 16.6 Å². The minimum atomic E-state index is -0.765. The summed E-state index contributed by atoms with van der Waals surface area (Å²) >= 11 is 5.87. The average Bonchev–Trinajstić information content (AvgIpc) is 2.85. The SMILES string of the molecule is Cc1cc(Cl)ccc1NC(=O)Cn1c(=O)oc2ccc([N+](=O)[O-])cc21. The summed E-state index contributed by atoms with van der Waals surface area (Å²) in [4.78, 5) is 34.5. The van der Waals surface area contributed by atoms with E-state index in [2.05, 4.69) is 5.32 Å². The van der Waals surface area contributed by atoms with Gasteiger partial charge in [0.05, 0.1) is 10.4 Å². The molecule has 2 aromatic carbocycles. The fourth-order valence-electron chi connectivity index (χ4n) is 2.41. The third kappa shape index (κ3) is 3.38. The van der Waals surface area contributed by atoms with Crippen LogP contribution in [0.5, 0.6) is 0 Å². The zero-order valence-electron chi connectivity index (χ0n) is 13.0. The highest BCUT2D eigenvalue weighted by Gasteiger charge is 2.16. The summed E-state index contributed by atoms with van der Waals surface area (Å²) in [5.74, 6) is -1.24. The number of nitrogens with one attached hydrogen (secondary N) is 1. The van der Waals surface area contributed by atoms with E-state index in [-0.39, 0.29) is 23.3 Å². The van der Waals surface area contributed by atoms with Crippen molar-refractivity contribution in [2.75, 3.05) is 5.32 Å². The number of oxazole rings is 1. The van der Waals surface area contributed by atoms with Gasteiger partial charge in [0, 0.05) is 22.8 Å². The topological polar surface area (TPSA) is 107 Å². The van der Waals surface area contributed by atoms with Gasteiger partial charge in [0.1, 0.15) is 6.54 Å². The number of fused-ring (bicyclic) bond motifs is 1. The molecule has 128 valence electrons. The summed E-state index contributed by atoms with van der Waals surface area (Å²) in [6.07, 6.45) is 0. The summed E-state index contributed by atoms with van der Waals surface area (Å²) in [6, 6.07) is 8.73. The van der Waals surface area contributed by atoms with Gasteiger partial charge in [0.15, 0.2) is 5.58 Å². The first-order valence-electron chi connectivity index (χ1n) is 7.19. The lowest BCUT2D eigenvalue weighted by Crippen LogP contribution is -2.25. The maximum absolute atomic E-state index is 12.3. The highest BCUT2D eigenvalue weighted by molar-refractivity contribution is 6.30. The van der Waals surface area contributed by atoms with Gasteiger partial charge in [-0.3, -0.25) is 19.5 Å². The Bertz CT molecular complexity index is 1050. The first-order chi connectivity index (χ1) is 11.8. The molecule has 1 amide bonds. The number of hydrogen-bond donors (Lipinski definition) is 1. The van der Waals surface area contributed by atoms with Crippen LogP contribution in [0.4, 0.5) is 11.4 Å². The molecule has 8 nitrogen and oxygen atoms in total. The molecule has 3 rings (SSSR count). The van der Waals surface area contributed by atoms with Crippen molar-refractivity contribution in [2.24, 2.45) is 0 Å². The summed E-state index contributed by atoms with van der Waals surface area (Å²) in [5.41, 5.74) is 1.48. The van der Waals surface area contributed by atoms with Crippen molar-refractivity contribution in [1.82, 2.24) is 4.57 Å². The van der Waals surface area contributed by atoms with Crippen LogP contribution < -0.4 is 11.1 Å². The third-order valence-corrected chi connectivity index (χ3v) is 3.86. The minimum Gasteiger partial charge on any atom is -0.408 e. The van der Waals surface area contributed by atoms with Crippen molar-refractivity contribution in [1.29, 1.82) is 0 Å². The molecule has 0 fully saturated rings. The number of nitrogens with zero attached hydrogens (tertiary/aromatic N) is 2. The molecule has 1 N–H and O–H groups in total. The number of nitro benzene ring substituents is 1. The van der Waals surface area contributed by atoms with E-state index in [1.165, 1.54) is 18.2 Å². The Morgan fingerprint density at radius 2 is 2.08 bits per heavy atom. The maximum Gasteiger partial charge on any atom is 0.420 e. The summed E-state index contributed by atoms with van der Waals surface area (Å²) in [6.45, 7) is 1.44. The van der Waals surface area contributed by atoms with Gasteiger partial charge in [-0.2, -0.15) is 0 Å². The fourth-order valence-corrected chi connectivity index (χ4v) is 2.64. The van der Waals surface area contributed by atoms with Crippen molar-refractivity contribution in [3.05, 3.63) is 67.6 Å². The van der Waals surface area contributed by atoms with E-state index >= 15 is 0 Å². The van der Waals surface area contributed by atoms with E-state index in [1.54, 1.807) is 25.1 Å². The number of aryl methyl sites for hydroxylation is 1. The quantitative estimate of drug-likeness (QED) is 0.567. The molecule has 0 unspecified atom stereocenters. The first-order valence-corrected chi connectivity index (χ1v) is 7.57. The number of non-ortho nitro benzene ring substituents is 1. The molecule has 25 heavy (non-hydrogen) atoms. The van der Waals surface area contributed by atoms with E-state index in [0.29, 0.717) is 10.7 Å². The van der Waals surface area contributed by atoms with Crippen molar-refractivity contribution < 1.29 is 14.1 Å². The minimum absolute atomic E-state index is 0.172. The molecule has 0 spiro atoms. The lowest BCUT2D eigenvalue weighted by atomic mass is 10.2. The van der Waals surface area contributed by atoms with Crippen LogP contribution in [0.25, 0.3) is 11.1 Å². The van der Waals surface area contributed by atoms with Crippen LogP contribution in [0.15, 0.2) is 45.6 Å². The lowest BCUT2D eigenvalue weighted by molar-refractivity contribution is -0.384. The number of halogens is 1. The number of amides is 1. The summed E-state index contributed by atoms with van der Waals surface area (Å²) in [5, 5.41) is 14.1. The van der Waals surface area contributed by atoms with Crippen LogP contribution in [-0.2, 0) is 11.3 Å². The van der Waals surface area contributed by atoms with Crippen LogP contribution >= 0.6 is 11.6 Å². The fraction of sp³-hybridized carbons (Fsp3) is 0.125.